The summed E-state index contributed by atoms with van der Waals surface area (Å²) in [5, 5.41) is 1.02. The predicted octanol–water partition coefficient (Wildman–Crippen LogP) is 2.91. The van der Waals surface area contributed by atoms with Gasteiger partial charge in [-0.1, -0.05) is 0 Å². The summed E-state index contributed by atoms with van der Waals surface area (Å²) in [6, 6.07) is 3.56. The molecule has 0 aliphatic heterocycles. The lowest BCUT2D eigenvalue weighted by atomic mass is 10.2. The van der Waals surface area contributed by atoms with E-state index >= 15 is 0 Å². The molecular formula is C13H8N4OS. The lowest BCUT2D eigenvalue weighted by molar-refractivity contribution is 1.18. The van der Waals surface area contributed by atoms with Crippen LogP contribution in [0.4, 0.5) is 5.00 Å². The number of nitrogens with zero attached hydrogens (tertiary/aromatic N) is 3. The lowest BCUT2D eigenvalue weighted by Crippen LogP contribution is -2.08. The maximum atomic E-state index is 12.1. The second kappa shape index (κ2) is 4.30. The topological polar surface area (TPSA) is 63.0 Å². The van der Waals surface area contributed by atoms with Crippen LogP contribution >= 0.6 is 11.3 Å². The van der Waals surface area contributed by atoms with Gasteiger partial charge in [0.05, 0.1) is 12.0 Å². The fraction of sp³-hybridized carbons (Fsp3) is 0.0769. The molecule has 0 saturated heterocycles. The van der Waals surface area contributed by atoms with Gasteiger partial charge in [-0.3, -0.25) is 9.78 Å². The van der Waals surface area contributed by atoms with Gasteiger partial charge in [0, 0.05) is 18.0 Å². The number of hydrogen-bond acceptors (Lipinski definition) is 4. The van der Waals surface area contributed by atoms with Crippen molar-refractivity contribution in [1.29, 1.82) is 0 Å². The number of rotatable bonds is 1. The van der Waals surface area contributed by atoms with Gasteiger partial charge in [-0.15, -0.1) is 11.3 Å². The summed E-state index contributed by atoms with van der Waals surface area (Å²) in [5.74, 6) is 0.498. The molecule has 1 N–H and O–H groups in total. The van der Waals surface area contributed by atoms with Crippen LogP contribution in [0.2, 0.25) is 0 Å². The van der Waals surface area contributed by atoms with Gasteiger partial charge in [0.2, 0.25) is 5.00 Å². The molecule has 3 rings (SSSR count). The van der Waals surface area contributed by atoms with Gasteiger partial charge in [0.1, 0.15) is 10.7 Å². The third-order valence-corrected chi connectivity index (χ3v) is 3.91. The van der Waals surface area contributed by atoms with E-state index in [9.17, 15) is 4.79 Å². The quantitative estimate of drug-likeness (QED) is 0.690. The molecule has 5 nitrogen and oxygen atoms in total. The Hall–Kier alpha value is -2.52. The van der Waals surface area contributed by atoms with Gasteiger partial charge < -0.3 is 4.98 Å². The number of aryl methyl sites for hydroxylation is 1. The Kier molecular flexibility index (Phi) is 2.62. The van der Waals surface area contributed by atoms with Crippen molar-refractivity contribution in [2.24, 2.45) is 0 Å². The first-order chi connectivity index (χ1) is 9.20. The van der Waals surface area contributed by atoms with Gasteiger partial charge in [0.15, 0.2) is 0 Å². The number of fused-ring (bicyclic) bond motifs is 1. The van der Waals surface area contributed by atoms with Crippen molar-refractivity contribution < 1.29 is 0 Å². The SMILES string of the molecule is [C-]#[N+]c1sc2nc(-c3ccncc3)[nH]c(=O)c2c1C. The average Bonchev–Trinajstić information content (AvgIpc) is 2.76. The van der Waals surface area contributed by atoms with E-state index in [0.717, 1.165) is 5.56 Å². The van der Waals surface area contributed by atoms with E-state index < -0.39 is 0 Å². The maximum absolute atomic E-state index is 12.1. The molecule has 0 fully saturated rings. The molecule has 6 heteroatoms. The van der Waals surface area contributed by atoms with Crippen LogP contribution in [-0.4, -0.2) is 15.0 Å². The van der Waals surface area contributed by atoms with E-state index in [1.165, 1.54) is 11.3 Å². The summed E-state index contributed by atoms with van der Waals surface area (Å²) in [6.45, 7) is 8.87. The number of hydrogen-bond donors (Lipinski definition) is 1. The summed E-state index contributed by atoms with van der Waals surface area (Å²) in [5.41, 5.74) is 1.29. The Morgan fingerprint density at radius 1 is 1.37 bits per heavy atom. The van der Waals surface area contributed by atoms with Crippen LogP contribution in [0, 0.1) is 13.5 Å². The first-order valence-electron chi connectivity index (χ1n) is 5.52. The van der Waals surface area contributed by atoms with Crippen molar-refractivity contribution in [1.82, 2.24) is 15.0 Å². The fourth-order valence-corrected chi connectivity index (χ4v) is 2.85. The Labute approximate surface area is 112 Å². The third kappa shape index (κ3) is 1.80. The van der Waals surface area contributed by atoms with Crippen LogP contribution in [0.1, 0.15) is 5.56 Å². The molecule has 92 valence electrons. The van der Waals surface area contributed by atoms with Crippen LogP contribution in [-0.2, 0) is 0 Å². The van der Waals surface area contributed by atoms with Crippen LogP contribution in [0.3, 0.4) is 0 Å². The average molecular weight is 268 g/mol. The number of aromatic nitrogens is 3. The molecule has 0 aliphatic carbocycles. The van der Waals surface area contributed by atoms with Crippen molar-refractivity contribution in [3.05, 3.63) is 51.9 Å². The molecule has 3 heterocycles. The van der Waals surface area contributed by atoms with Crippen molar-refractivity contribution >= 4 is 26.6 Å². The first-order valence-corrected chi connectivity index (χ1v) is 6.33. The second-order valence-corrected chi connectivity index (χ2v) is 4.95. The van der Waals surface area contributed by atoms with Crippen LogP contribution in [0.25, 0.3) is 26.4 Å². The Morgan fingerprint density at radius 3 is 2.79 bits per heavy atom. The molecule has 0 amide bonds. The molecule has 0 atom stereocenters. The minimum Gasteiger partial charge on any atom is -0.306 e. The van der Waals surface area contributed by atoms with Gasteiger partial charge >= 0.3 is 0 Å². The van der Waals surface area contributed by atoms with Gasteiger partial charge in [-0.2, -0.15) is 0 Å². The zero-order valence-electron chi connectivity index (χ0n) is 9.97. The van der Waals surface area contributed by atoms with Crippen molar-refractivity contribution in [2.45, 2.75) is 6.92 Å². The van der Waals surface area contributed by atoms with Crippen LogP contribution in [0.5, 0.6) is 0 Å². The first kappa shape index (κ1) is 11.6. The summed E-state index contributed by atoms with van der Waals surface area (Å²) in [4.78, 5) is 27.2. The highest BCUT2D eigenvalue weighted by Gasteiger charge is 2.14. The summed E-state index contributed by atoms with van der Waals surface area (Å²) in [6.07, 6.45) is 3.29. The highest BCUT2D eigenvalue weighted by Crippen LogP contribution is 2.34. The number of H-pyrrole nitrogens is 1. The van der Waals surface area contributed by atoms with Gasteiger partial charge in [-0.05, 0) is 24.6 Å². The minimum atomic E-state index is -0.208. The predicted molar refractivity (Wildman–Crippen MR) is 74.5 cm³/mol. The number of aromatic amines is 1. The van der Waals surface area contributed by atoms with Gasteiger partial charge in [0.25, 0.3) is 5.56 Å². The normalized spacial score (nSPS) is 10.5. The number of thiophene rings is 1. The van der Waals surface area contributed by atoms with E-state index in [2.05, 4.69) is 19.8 Å². The molecule has 0 aromatic carbocycles. The lowest BCUT2D eigenvalue weighted by Gasteiger charge is -2.00. The molecule has 0 spiro atoms. The fourth-order valence-electron chi connectivity index (χ4n) is 1.89. The summed E-state index contributed by atoms with van der Waals surface area (Å²) < 4.78 is 0. The molecule has 3 aromatic heterocycles. The Bertz CT molecular complexity index is 858. The Morgan fingerprint density at radius 2 is 2.11 bits per heavy atom. The third-order valence-electron chi connectivity index (χ3n) is 2.83. The molecular weight excluding hydrogens is 260 g/mol. The van der Waals surface area contributed by atoms with E-state index in [1.807, 2.05) is 0 Å². The molecule has 3 aromatic rings. The zero-order valence-corrected chi connectivity index (χ0v) is 10.8. The second-order valence-electron chi connectivity index (χ2n) is 3.97. The van der Waals surface area contributed by atoms with Crippen molar-refractivity contribution in [3.63, 3.8) is 0 Å². The van der Waals surface area contributed by atoms with Crippen molar-refractivity contribution in [2.75, 3.05) is 0 Å². The molecule has 19 heavy (non-hydrogen) atoms. The standard InChI is InChI=1S/C13H8N4OS/c1-7-9-11(18)16-10(8-3-5-15-6-4-8)17-13(9)19-12(7)14-2/h3-6H,1H3,(H,16,17,18). The molecule has 0 radical (unpaired) electrons. The van der Waals surface area contributed by atoms with Crippen molar-refractivity contribution in [3.8, 4) is 11.4 Å². The molecule has 0 bridgehead atoms. The van der Waals surface area contributed by atoms with E-state index in [-0.39, 0.29) is 5.56 Å². The number of nitrogens with one attached hydrogen (secondary N) is 1. The number of pyridine rings is 1. The maximum Gasteiger partial charge on any atom is 0.258 e. The van der Waals surface area contributed by atoms with Crippen LogP contribution in [0.15, 0.2) is 29.3 Å². The molecule has 0 unspecified atom stereocenters. The van der Waals surface area contributed by atoms with E-state index in [1.54, 1.807) is 31.5 Å². The zero-order chi connectivity index (χ0) is 13.4. The molecule has 0 saturated carbocycles. The highest BCUT2D eigenvalue weighted by atomic mass is 32.1. The summed E-state index contributed by atoms with van der Waals surface area (Å²) in [7, 11) is 0. The van der Waals surface area contributed by atoms with Gasteiger partial charge in [-0.25, -0.2) is 9.83 Å². The smallest absolute Gasteiger partial charge is 0.258 e. The van der Waals surface area contributed by atoms with E-state index in [0.29, 0.717) is 26.6 Å². The van der Waals surface area contributed by atoms with Crippen LogP contribution < -0.4 is 5.56 Å². The largest absolute Gasteiger partial charge is 0.306 e. The monoisotopic (exact) mass is 268 g/mol. The minimum absolute atomic E-state index is 0.208. The summed E-state index contributed by atoms with van der Waals surface area (Å²) >= 11 is 1.25. The highest BCUT2D eigenvalue weighted by molar-refractivity contribution is 7.22. The Balaban J connectivity index is 2.33. The van der Waals surface area contributed by atoms with E-state index in [4.69, 9.17) is 6.57 Å². The molecule has 0 aliphatic rings.